The van der Waals surface area contributed by atoms with E-state index in [0.29, 0.717) is 6.54 Å². The standard InChI is InChI=1S/C13H17N3O/c1-11-2-4-13(5-3-11)14-8-12-9-15-16(10-12)6-7-17/h2-5,9-10,14,17H,6-8H2,1H3. The van der Waals surface area contributed by atoms with Gasteiger partial charge in [0.25, 0.3) is 0 Å². The van der Waals surface area contributed by atoms with Crippen LogP contribution >= 0.6 is 0 Å². The lowest BCUT2D eigenvalue weighted by Gasteiger charge is -2.04. The molecule has 17 heavy (non-hydrogen) atoms. The number of hydrogen-bond acceptors (Lipinski definition) is 3. The molecule has 0 aliphatic carbocycles. The highest BCUT2D eigenvalue weighted by molar-refractivity contribution is 5.44. The fraction of sp³-hybridized carbons (Fsp3) is 0.308. The predicted molar refractivity (Wildman–Crippen MR) is 67.8 cm³/mol. The fourth-order valence-corrected chi connectivity index (χ4v) is 1.60. The lowest BCUT2D eigenvalue weighted by molar-refractivity contribution is 0.269. The van der Waals surface area contributed by atoms with Crippen LogP contribution in [0.3, 0.4) is 0 Å². The number of anilines is 1. The molecule has 0 radical (unpaired) electrons. The lowest BCUT2D eigenvalue weighted by Crippen LogP contribution is -2.02. The average Bonchev–Trinajstić information content (AvgIpc) is 2.77. The number of benzene rings is 1. The molecule has 1 aromatic carbocycles. The van der Waals surface area contributed by atoms with Crippen molar-refractivity contribution in [2.45, 2.75) is 20.0 Å². The van der Waals surface area contributed by atoms with E-state index < -0.39 is 0 Å². The predicted octanol–water partition coefficient (Wildman–Crippen LogP) is 1.80. The molecule has 2 N–H and O–H groups in total. The number of hydrogen-bond donors (Lipinski definition) is 2. The van der Waals surface area contributed by atoms with Crippen LogP contribution in [0.4, 0.5) is 5.69 Å². The van der Waals surface area contributed by atoms with Crippen LogP contribution in [0.5, 0.6) is 0 Å². The SMILES string of the molecule is Cc1ccc(NCc2cnn(CCO)c2)cc1. The normalized spacial score (nSPS) is 10.5. The van der Waals surface area contributed by atoms with Gasteiger partial charge in [-0.15, -0.1) is 0 Å². The molecular formula is C13H17N3O. The smallest absolute Gasteiger partial charge is 0.0640 e. The van der Waals surface area contributed by atoms with Crippen LogP contribution in [0.1, 0.15) is 11.1 Å². The molecule has 1 aromatic heterocycles. The molecule has 0 unspecified atom stereocenters. The van der Waals surface area contributed by atoms with Crippen molar-refractivity contribution in [1.29, 1.82) is 0 Å². The molecule has 0 aliphatic heterocycles. The Labute approximate surface area is 101 Å². The second-order valence-electron chi connectivity index (χ2n) is 4.05. The van der Waals surface area contributed by atoms with Crippen molar-refractivity contribution in [3.8, 4) is 0 Å². The summed E-state index contributed by atoms with van der Waals surface area (Å²) in [6.07, 6.45) is 3.76. The molecule has 90 valence electrons. The van der Waals surface area contributed by atoms with Crippen LogP contribution < -0.4 is 5.32 Å². The summed E-state index contributed by atoms with van der Waals surface area (Å²) >= 11 is 0. The van der Waals surface area contributed by atoms with Gasteiger partial charge in [-0.3, -0.25) is 4.68 Å². The van der Waals surface area contributed by atoms with E-state index in [4.69, 9.17) is 5.11 Å². The Kier molecular flexibility index (Phi) is 3.77. The summed E-state index contributed by atoms with van der Waals surface area (Å²) in [5, 5.41) is 16.3. The molecule has 0 bridgehead atoms. The molecule has 0 saturated carbocycles. The van der Waals surface area contributed by atoms with Crippen molar-refractivity contribution in [2.75, 3.05) is 11.9 Å². The van der Waals surface area contributed by atoms with Crippen molar-refractivity contribution in [1.82, 2.24) is 9.78 Å². The largest absolute Gasteiger partial charge is 0.394 e. The van der Waals surface area contributed by atoms with E-state index >= 15 is 0 Å². The van der Waals surface area contributed by atoms with Gasteiger partial charge in [0, 0.05) is 24.0 Å². The maximum atomic E-state index is 8.79. The molecule has 2 aromatic rings. The zero-order chi connectivity index (χ0) is 12.1. The first-order chi connectivity index (χ1) is 8.28. The zero-order valence-electron chi connectivity index (χ0n) is 9.93. The fourth-order valence-electron chi connectivity index (χ4n) is 1.60. The van der Waals surface area contributed by atoms with Gasteiger partial charge in [-0.05, 0) is 19.1 Å². The maximum absolute atomic E-state index is 8.79. The van der Waals surface area contributed by atoms with E-state index in [1.165, 1.54) is 5.56 Å². The molecule has 0 aliphatic rings. The number of nitrogens with one attached hydrogen (secondary N) is 1. The first-order valence-corrected chi connectivity index (χ1v) is 5.70. The molecule has 2 rings (SSSR count). The molecule has 4 heteroatoms. The summed E-state index contributed by atoms with van der Waals surface area (Å²) in [6.45, 7) is 3.48. The molecule has 0 fully saturated rings. The molecule has 0 spiro atoms. The molecular weight excluding hydrogens is 214 g/mol. The lowest BCUT2D eigenvalue weighted by atomic mass is 10.2. The third-order valence-corrected chi connectivity index (χ3v) is 2.56. The van der Waals surface area contributed by atoms with Crippen molar-refractivity contribution in [3.63, 3.8) is 0 Å². The summed E-state index contributed by atoms with van der Waals surface area (Å²) in [5.41, 5.74) is 3.47. The van der Waals surface area contributed by atoms with Gasteiger partial charge in [-0.2, -0.15) is 5.10 Å². The van der Waals surface area contributed by atoms with E-state index in [1.54, 1.807) is 4.68 Å². The van der Waals surface area contributed by atoms with Crippen LogP contribution in [-0.4, -0.2) is 21.5 Å². The number of nitrogens with zero attached hydrogens (tertiary/aromatic N) is 2. The highest BCUT2D eigenvalue weighted by Gasteiger charge is 1.98. The average molecular weight is 231 g/mol. The van der Waals surface area contributed by atoms with Gasteiger partial charge >= 0.3 is 0 Å². The second kappa shape index (κ2) is 5.50. The highest BCUT2D eigenvalue weighted by Crippen LogP contribution is 2.10. The van der Waals surface area contributed by atoms with E-state index in [0.717, 1.165) is 17.8 Å². The van der Waals surface area contributed by atoms with Crippen molar-refractivity contribution >= 4 is 5.69 Å². The van der Waals surface area contributed by atoms with E-state index in [1.807, 2.05) is 12.4 Å². The Morgan fingerprint density at radius 2 is 2.06 bits per heavy atom. The van der Waals surface area contributed by atoms with Gasteiger partial charge in [0.05, 0.1) is 19.3 Å². The summed E-state index contributed by atoms with van der Waals surface area (Å²) < 4.78 is 1.74. The molecule has 4 nitrogen and oxygen atoms in total. The zero-order valence-corrected chi connectivity index (χ0v) is 9.93. The van der Waals surface area contributed by atoms with Crippen molar-refractivity contribution < 1.29 is 5.11 Å². The third-order valence-electron chi connectivity index (χ3n) is 2.56. The maximum Gasteiger partial charge on any atom is 0.0640 e. The van der Waals surface area contributed by atoms with Crippen LogP contribution in [0.15, 0.2) is 36.7 Å². The van der Waals surface area contributed by atoms with Crippen LogP contribution in [0, 0.1) is 6.92 Å². The number of rotatable bonds is 5. The van der Waals surface area contributed by atoms with Crippen LogP contribution in [0.2, 0.25) is 0 Å². The van der Waals surface area contributed by atoms with Crippen LogP contribution in [-0.2, 0) is 13.1 Å². The van der Waals surface area contributed by atoms with E-state index in [2.05, 4.69) is 41.6 Å². The Bertz CT molecular complexity index is 462. The number of aryl methyl sites for hydroxylation is 1. The summed E-state index contributed by atoms with van der Waals surface area (Å²) in [5.74, 6) is 0. The Morgan fingerprint density at radius 3 is 2.76 bits per heavy atom. The molecule has 0 atom stereocenters. The minimum absolute atomic E-state index is 0.118. The number of aliphatic hydroxyl groups excluding tert-OH is 1. The minimum atomic E-state index is 0.118. The quantitative estimate of drug-likeness (QED) is 0.825. The van der Waals surface area contributed by atoms with Gasteiger partial charge in [0.15, 0.2) is 0 Å². The second-order valence-corrected chi connectivity index (χ2v) is 4.05. The first-order valence-electron chi connectivity index (χ1n) is 5.70. The van der Waals surface area contributed by atoms with E-state index in [9.17, 15) is 0 Å². The monoisotopic (exact) mass is 231 g/mol. The summed E-state index contributed by atoms with van der Waals surface area (Å²) in [7, 11) is 0. The Hall–Kier alpha value is -1.81. The van der Waals surface area contributed by atoms with Gasteiger partial charge in [-0.25, -0.2) is 0 Å². The van der Waals surface area contributed by atoms with Gasteiger partial charge in [0.1, 0.15) is 0 Å². The summed E-state index contributed by atoms with van der Waals surface area (Å²) in [6, 6.07) is 8.29. The van der Waals surface area contributed by atoms with E-state index in [-0.39, 0.29) is 6.61 Å². The third kappa shape index (κ3) is 3.32. The van der Waals surface area contributed by atoms with Gasteiger partial charge in [-0.1, -0.05) is 17.7 Å². The number of aromatic nitrogens is 2. The molecule has 1 heterocycles. The van der Waals surface area contributed by atoms with Crippen molar-refractivity contribution in [3.05, 3.63) is 47.8 Å². The Balaban J connectivity index is 1.90. The van der Waals surface area contributed by atoms with Crippen molar-refractivity contribution in [2.24, 2.45) is 0 Å². The Morgan fingerprint density at radius 1 is 1.29 bits per heavy atom. The first kappa shape index (κ1) is 11.7. The molecule has 0 saturated heterocycles. The van der Waals surface area contributed by atoms with Gasteiger partial charge in [0.2, 0.25) is 0 Å². The minimum Gasteiger partial charge on any atom is -0.394 e. The topological polar surface area (TPSA) is 50.1 Å². The molecule has 0 amide bonds. The van der Waals surface area contributed by atoms with Crippen LogP contribution in [0.25, 0.3) is 0 Å². The number of aliphatic hydroxyl groups is 1. The van der Waals surface area contributed by atoms with Gasteiger partial charge < -0.3 is 10.4 Å². The highest BCUT2D eigenvalue weighted by atomic mass is 16.3. The summed E-state index contributed by atoms with van der Waals surface area (Å²) in [4.78, 5) is 0.